The van der Waals surface area contributed by atoms with E-state index in [2.05, 4.69) is 0 Å². The summed E-state index contributed by atoms with van der Waals surface area (Å²) in [6.07, 6.45) is 1.82. The van der Waals surface area contributed by atoms with E-state index in [9.17, 15) is 4.79 Å². The molecule has 0 N–H and O–H groups in total. The smallest absolute Gasteiger partial charge is 0.326 e. The maximum atomic E-state index is 11.8. The number of methoxy groups -OCH3 is 3. The molecule has 0 amide bonds. The fourth-order valence-corrected chi connectivity index (χ4v) is 2.09. The van der Waals surface area contributed by atoms with Crippen molar-refractivity contribution in [3.8, 4) is 11.5 Å². The van der Waals surface area contributed by atoms with Crippen LogP contribution in [0.4, 0.5) is 0 Å². The summed E-state index contributed by atoms with van der Waals surface area (Å²) in [5, 5.41) is 0.919. The van der Waals surface area contributed by atoms with E-state index in [4.69, 9.17) is 18.9 Å². The zero-order valence-corrected chi connectivity index (χ0v) is 12.4. The van der Waals surface area contributed by atoms with Crippen LogP contribution < -0.4 is 9.47 Å². The zero-order chi connectivity index (χ0) is 15.2. The molecule has 1 aromatic heterocycles. The van der Waals surface area contributed by atoms with Gasteiger partial charge in [-0.2, -0.15) is 0 Å². The van der Waals surface area contributed by atoms with Crippen LogP contribution >= 0.6 is 0 Å². The molecule has 0 fully saturated rings. The minimum Gasteiger partial charge on any atom is -0.497 e. The quantitative estimate of drug-likeness (QED) is 0.576. The molecular formula is C15H19NO5. The Balaban J connectivity index is 2.22. The van der Waals surface area contributed by atoms with Gasteiger partial charge in [0.15, 0.2) is 0 Å². The molecule has 0 aliphatic carbocycles. The van der Waals surface area contributed by atoms with Crippen molar-refractivity contribution in [2.24, 2.45) is 0 Å². The number of ether oxygens (including phenoxy) is 4. The molecule has 1 aromatic carbocycles. The predicted molar refractivity (Wildman–Crippen MR) is 77.9 cm³/mol. The third kappa shape index (κ3) is 3.46. The van der Waals surface area contributed by atoms with Crippen molar-refractivity contribution in [3.63, 3.8) is 0 Å². The first-order chi connectivity index (χ1) is 10.2. The van der Waals surface area contributed by atoms with E-state index in [0.29, 0.717) is 18.1 Å². The number of hydrogen-bond acceptors (Lipinski definition) is 5. The van der Waals surface area contributed by atoms with Crippen molar-refractivity contribution in [2.75, 3.05) is 34.5 Å². The van der Waals surface area contributed by atoms with E-state index >= 15 is 0 Å². The lowest BCUT2D eigenvalue weighted by Gasteiger charge is -2.09. The van der Waals surface area contributed by atoms with Gasteiger partial charge in [-0.15, -0.1) is 0 Å². The molecule has 0 saturated carbocycles. The predicted octanol–water partition coefficient (Wildman–Crippen LogP) is 1.85. The fourth-order valence-electron chi connectivity index (χ4n) is 2.09. The molecule has 0 bridgehead atoms. The van der Waals surface area contributed by atoms with Crippen LogP contribution in [0.5, 0.6) is 11.5 Å². The van der Waals surface area contributed by atoms with Crippen LogP contribution in [0.25, 0.3) is 10.9 Å². The third-order valence-electron chi connectivity index (χ3n) is 3.13. The number of carbonyl (C=O) groups excluding carboxylic acids is 1. The Morgan fingerprint density at radius 1 is 1.14 bits per heavy atom. The Bertz CT molecular complexity index is 620. The molecule has 6 nitrogen and oxygen atoms in total. The molecule has 0 unspecified atom stereocenters. The Labute approximate surface area is 123 Å². The zero-order valence-electron chi connectivity index (χ0n) is 12.4. The van der Waals surface area contributed by atoms with E-state index < -0.39 is 0 Å². The van der Waals surface area contributed by atoms with E-state index in [1.165, 1.54) is 0 Å². The molecule has 0 aliphatic heterocycles. The maximum absolute atomic E-state index is 11.8. The molecular weight excluding hydrogens is 274 g/mol. The minimum absolute atomic E-state index is 0.129. The molecule has 0 radical (unpaired) electrons. The lowest BCUT2D eigenvalue weighted by atomic mass is 10.2. The number of fused-ring (bicyclic) bond motifs is 1. The summed E-state index contributed by atoms with van der Waals surface area (Å²) in [4.78, 5) is 11.8. The normalized spacial score (nSPS) is 10.6. The largest absolute Gasteiger partial charge is 0.497 e. The summed E-state index contributed by atoms with van der Waals surface area (Å²) in [6, 6.07) is 5.57. The van der Waals surface area contributed by atoms with Crippen LogP contribution in [-0.4, -0.2) is 45.1 Å². The molecule has 0 spiro atoms. The van der Waals surface area contributed by atoms with Crippen LogP contribution in [-0.2, 0) is 20.8 Å². The van der Waals surface area contributed by atoms with Gasteiger partial charge in [-0.1, -0.05) is 0 Å². The highest BCUT2D eigenvalue weighted by Crippen LogP contribution is 2.31. The summed E-state index contributed by atoms with van der Waals surface area (Å²) in [6.45, 7) is 0.768. The number of benzene rings is 1. The highest BCUT2D eigenvalue weighted by atomic mass is 16.6. The average Bonchev–Trinajstić information content (AvgIpc) is 2.89. The maximum Gasteiger partial charge on any atom is 0.326 e. The first kappa shape index (κ1) is 15.2. The summed E-state index contributed by atoms with van der Waals surface area (Å²) in [7, 11) is 4.75. The third-order valence-corrected chi connectivity index (χ3v) is 3.13. The van der Waals surface area contributed by atoms with Crippen LogP contribution in [0, 0.1) is 0 Å². The van der Waals surface area contributed by atoms with Crippen LogP contribution in [0.2, 0.25) is 0 Å². The molecule has 21 heavy (non-hydrogen) atoms. The van der Waals surface area contributed by atoms with Gasteiger partial charge in [-0.05, 0) is 6.07 Å². The van der Waals surface area contributed by atoms with Gasteiger partial charge in [0.25, 0.3) is 0 Å². The second kappa shape index (κ2) is 6.99. The lowest BCUT2D eigenvalue weighted by molar-refractivity contribution is -0.145. The van der Waals surface area contributed by atoms with E-state index in [1.54, 1.807) is 25.9 Å². The van der Waals surface area contributed by atoms with Crippen molar-refractivity contribution < 1.29 is 23.7 Å². The van der Waals surface area contributed by atoms with Crippen LogP contribution in [0.1, 0.15) is 0 Å². The number of carbonyl (C=O) groups is 1. The Kier molecular flexibility index (Phi) is 5.05. The molecule has 0 saturated heterocycles. The van der Waals surface area contributed by atoms with E-state index in [0.717, 1.165) is 10.9 Å². The van der Waals surface area contributed by atoms with Crippen LogP contribution in [0.3, 0.4) is 0 Å². The monoisotopic (exact) mass is 293 g/mol. The SMILES string of the molecule is COCCOC(=O)Cn1ccc2c(OC)cc(OC)cc21. The standard InChI is InChI=1S/C15H19NO5/c1-18-6-7-21-15(17)10-16-5-4-12-13(16)8-11(19-2)9-14(12)20-3/h4-5,8-9H,6-7,10H2,1-3H3. The van der Waals surface area contributed by atoms with Crippen molar-refractivity contribution in [2.45, 2.75) is 6.54 Å². The van der Waals surface area contributed by atoms with Gasteiger partial charge in [0.2, 0.25) is 0 Å². The van der Waals surface area contributed by atoms with Crippen molar-refractivity contribution in [1.82, 2.24) is 4.57 Å². The van der Waals surface area contributed by atoms with Gasteiger partial charge in [0, 0.05) is 30.8 Å². The molecule has 1 heterocycles. The molecule has 6 heteroatoms. The van der Waals surface area contributed by atoms with Gasteiger partial charge in [0.1, 0.15) is 24.7 Å². The van der Waals surface area contributed by atoms with Crippen molar-refractivity contribution in [1.29, 1.82) is 0 Å². The summed E-state index contributed by atoms with van der Waals surface area (Å²) >= 11 is 0. The first-order valence-corrected chi connectivity index (χ1v) is 6.55. The lowest BCUT2D eigenvalue weighted by Crippen LogP contribution is -2.15. The van der Waals surface area contributed by atoms with Gasteiger partial charge >= 0.3 is 5.97 Å². The van der Waals surface area contributed by atoms with Gasteiger partial charge in [-0.3, -0.25) is 4.79 Å². The first-order valence-electron chi connectivity index (χ1n) is 6.55. The Morgan fingerprint density at radius 2 is 1.95 bits per heavy atom. The van der Waals surface area contributed by atoms with E-state index in [-0.39, 0.29) is 19.1 Å². The Hall–Kier alpha value is -2.21. The highest BCUT2D eigenvalue weighted by molar-refractivity contribution is 5.89. The molecule has 2 aromatic rings. The second-order valence-electron chi connectivity index (χ2n) is 4.42. The molecule has 2 rings (SSSR count). The number of hydrogen-bond donors (Lipinski definition) is 0. The van der Waals surface area contributed by atoms with Gasteiger partial charge < -0.3 is 23.5 Å². The number of nitrogens with zero attached hydrogens (tertiary/aromatic N) is 1. The summed E-state index contributed by atoms with van der Waals surface area (Å²) < 4.78 is 22.3. The van der Waals surface area contributed by atoms with E-state index in [1.807, 2.05) is 24.4 Å². The minimum atomic E-state index is -0.314. The van der Waals surface area contributed by atoms with Crippen molar-refractivity contribution >= 4 is 16.9 Å². The summed E-state index contributed by atoms with van der Waals surface area (Å²) in [5.74, 6) is 1.06. The fraction of sp³-hybridized carbons (Fsp3) is 0.400. The van der Waals surface area contributed by atoms with Gasteiger partial charge in [0.05, 0.1) is 26.3 Å². The molecule has 0 atom stereocenters. The number of aromatic nitrogens is 1. The van der Waals surface area contributed by atoms with Crippen molar-refractivity contribution in [3.05, 3.63) is 24.4 Å². The summed E-state index contributed by atoms with van der Waals surface area (Å²) in [5.41, 5.74) is 0.856. The number of rotatable bonds is 7. The van der Waals surface area contributed by atoms with Gasteiger partial charge in [-0.25, -0.2) is 0 Å². The highest BCUT2D eigenvalue weighted by Gasteiger charge is 2.12. The van der Waals surface area contributed by atoms with Crippen LogP contribution in [0.15, 0.2) is 24.4 Å². The average molecular weight is 293 g/mol. The second-order valence-corrected chi connectivity index (χ2v) is 4.42. The molecule has 114 valence electrons. The Morgan fingerprint density at radius 3 is 2.62 bits per heavy atom. The number of esters is 1. The molecule has 0 aliphatic rings. The topological polar surface area (TPSA) is 58.9 Å².